The van der Waals surface area contributed by atoms with Gasteiger partial charge in [0.25, 0.3) is 0 Å². The van der Waals surface area contributed by atoms with Gasteiger partial charge >= 0.3 is 0 Å². The predicted octanol–water partition coefficient (Wildman–Crippen LogP) is 2.96. The third kappa shape index (κ3) is 3.97. The molecular formula is C10H18O. The highest BCUT2D eigenvalue weighted by atomic mass is 16.1. The first-order valence-electron chi connectivity index (χ1n) is 4.28. The minimum Gasteiger partial charge on any atom is -0.302 e. The summed E-state index contributed by atoms with van der Waals surface area (Å²) in [6.45, 7) is 7.74. The van der Waals surface area contributed by atoms with E-state index < -0.39 is 0 Å². The third-order valence-electron chi connectivity index (χ3n) is 2.05. The predicted molar refractivity (Wildman–Crippen MR) is 48.5 cm³/mol. The summed E-state index contributed by atoms with van der Waals surface area (Å²) in [6.07, 6.45) is 7.21. The van der Waals surface area contributed by atoms with Gasteiger partial charge in [-0.15, -0.1) is 6.58 Å². The van der Waals surface area contributed by atoms with Crippen LogP contribution in [0.2, 0.25) is 0 Å². The number of aldehydes is 1. The van der Waals surface area contributed by atoms with Crippen molar-refractivity contribution in [1.29, 1.82) is 0 Å². The molecule has 0 aliphatic carbocycles. The molecule has 0 N–H and O–H groups in total. The second kappa shape index (κ2) is 5.11. The van der Waals surface area contributed by atoms with Crippen molar-refractivity contribution < 1.29 is 4.79 Å². The maximum absolute atomic E-state index is 10.6. The second-order valence-electron chi connectivity index (χ2n) is 3.28. The summed E-state index contributed by atoms with van der Waals surface area (Å²) in [4.78, 5) is 10.6. The zero-order chi connectivity index (χ0) is 8.74. The summed E-state index contributed by atoms with van der Waals surface area (Å²) >= 11 is 0. The molecular weight excluding hydrogens is 136 g/mol. The summed E-state index contributed by atoms with van der Waals surface area (Å²) in [5.41, 5.74) is -0.283. The molecule has 0 aromatic carbocycles. The van der Waals surface area contributed by atoms with Crippen LogP contribution >= 0.6 is 0 Å². The lowest BCUT2D eigenvalue weighted by atomic mass is 9.87. The first-order valence-corrected chi connectivity index (χ1v) is 4.28. The van der Waals surface area contributed by atoms with Crippen molar-refractivity contribution in [3.05, 3.63) is 12.7 Å². The fraction of sp³-hybridized carbons (Fsp3) is 0.700. The van der Waals surface area contributed by atoms with Crippen LogP contribution in [0.1, 0.15) is 39.5 Å². The molecule has 0 fully saturated rings. The Kier molecular flexibility index (Phi) is 4.84. The van der Waals surface area contributed by atoms with Gasteiger partial charge in [-0.1, -0.05) is 32.3 Å². The number of unbranched alkanes of at least 4 members (excludes halogenated alkanes) is 2. The SMILES string of the molecule is C=C[C@@](C)(C=O)CCCCC. The molecule has 0 heterocycles. The average molecular weight is 154 g/mol. The third-order valence-corrected chi connectivity index (χ3v) is 2.05. The molecule has 0 aromatic rings. The summed E-state index contributed by atoms with van der Waals surface area (Å²) in [5.74, 6) is 0. The van der Waals surface area contributed by atoms with E-state index in [4.69, 9.17) is 0 Å². The summed E-state index contributed by atoms with van der Waals surface area (Å²) in [6, 6.07) is 0. The number of hydrogen-bond donors (Lipinski definition) is 0. The first kappa shape index (κ1) is 10.4. The number of rotatable bonds is 6. The monoisotopic (exact) mass is 154 g/mol. The van der Waals surface area contributed by atoms with E-state index in [9.17, 15) is 4.79 Å². The van der Waals surface area contributed by atoms with Crippen LogP contribution in [0, 0.1) is 5.41 Å². The van der Waals surface area contributed by atoms with Gasteiger partial charge in [-0.3, -0.25) is 0 Å². The molecule has 0 spiro atoms. The molecule has 0 rings (SSSR count). The van der Waals surface area contributed by atoms with Crippen molar-refractivity contribution in [3.8, 4) is 0 Å². The zero-order valence-corrected chi connectivity index (χ0v) is 7.60. The lowest BCUT2D eigenvalue weighted by Gasteiger charge is -2.16. The normalized spacial score (nSPS) is 15.5. The molecule has 0 aliphatic rings. The van der Waals surface area contributed by atoms with E-state index in [1.165, 1.54) is 12.8 Å². The maximum atomic E-state index is 10.6. The largest absolute Gasteiger partial charge is 0.302 e. The van der Waals surface area contributed by atoms with E-state index >= 15 is 0 Å². The summed E-state index contributed by atoms with van der Waals surface area (Å²) < 4.78 is 0. The highest BCUT2D eigenvalue weighted by Gasteiger charge is 2.17. The van der Waals surface area contributed by atoms with Gasteiger partial charge in [0.2, 0.25) is 0 Å². The smallest absolute Gasteiger partial charge is 0.129 e. The van der Waals surface area contributed by atoms with Crippen molar-refractivity contribution in [2.75, 3.05) is 0 Å². The first-order chi connectivity index (χ1) is 5.18. The molecule has 0 unspecified atom stereocenters. The van der Waals surface area contributed by atoms with Gasteiger partial charge in [0.15, 0.2) is 0 Å². The van der Waals surface area contributed by atoms with Crippen LogP contribution in [-0.2, 0) is 4.79 Å². The van der Waals surface area contributed by atoms with Crippen LogP contribution in [0.4, 0.5) is 0 Å². The molecule has 1 heteroatoms. The van der Waals surface area contributed by atoms with Gasteiger partial charge in [-0.2, -0.15) is 0 Å². The van der Waals surface area contributed by atoms with Crippen LogP contribution in [0.3, 0.4) is 0 Å². The van der Waals surface area contributed by atoms with Crippen LogP contribution in [0.15, 0.2) is 12.7 Å². The number of carbonyl (C=O) groups excluding carboxylic acids is 1. The lowest BCUT2D eigenvalue weighted by Crippen LogP contribution is -2.13. The maximum Gasteiger partial charge on any atom is 0.129 e. The van der Waals surface area contributed by atoms with E-state index in [1.54, 1.807) is 6.08 Å². The topological polar surface area (TPSA) is 17.1 Å². The van der Waals surface area contributed by atoms with Crippen molar-refractivity contribution >= 4 is 6.29 Å². The van der Waals surface area contributed by atoms with Gasteiger partial charge in [0.1, 0.15) is 6.29 Å². The van der Waals surface area contributed by atoms with Crippen LogP contribution in [-0.4, -0.2) is 6.29 Å². The highest BCUT2D eigenvalue weighted by molar-refractivity contribution is 5.61. The van der Waals surface area contributed by atoms with Crippen LogP contribution < -0.4 is 0 Å². The molecule has 11 heavy (non-hydrogen) atoms. The molecule has 1 atom stereocenters. The lowest BCUT2D eigenvalue weighted by molar-refractivity contribution is -0.113. The molecule has 1 nitrogen and oxygen atoms in total. The van der Waals surface area contributed by atoms with Crippen LogP contribution in [0.5, 0.6) is 0 Å². The van der Waals surface area contributed by atoms with Gasteiger partial charge in [-0.25, -0.2) is 0 Å². The molecule has 0 aliphatic heterocycles. The second-order valence-corrected chi connectivity index (χ2v) is 3.28. The number of allylic oxidation sites excluding steroid dienone is 1. The minimum absolute atomic E-state index is 0.283. The summed E-state index contributed by atoms with van der Waals surface area (Å²) in [5, 5.41) is 0. The van der Waals surface area contributed by atoms with E-state index in [0.29, 0.717) is 0 Å². The Bertz CT molecular complexity index is 119. The van der Waals surface area contributed by atoms with E-state index in [2.05, 4.69) is 13.5 Å². The van der Waals surface area contributed by atoms with Crippen LogP contribution in [0.25, 0.3) is 0 Å². The van der Waals surface area contributed by atoms with Gasteiger partial charge in [0, 0.05) is 5.41 Å². The Morgan fingerprint density at radius 3 is 2.45 bits per heavy atom. The van der Waals surface area contributed by atoms with Crippen molar-refractivity contribution in [3.63, 3.8) is 0 Å². The Hall–Kier alpha value is -0.590. The van der Waals surface area contributed by atoms with E-state index in [0.717, 1.165) is 19.1 Å². The fourth-order valence-corrected chi connectivity index (χ4v) is 0.965. The highest BCUT2D eigenvalue weighted by Crippen LogP contribution is 2.22. The Morgan fingerprint density at radius 1 is 1.45 bits per heavy atom. The summed E-state index contributed by atoms with van der Waals surface area (Å²) in [7, 11) is 0. The minimum atomic E-state index is -0.283. The van der Waals surface area contributed by atoms with E-state index in [1.807, 2.05) is 6.92 Å². The molecule has 64 valence electrons. The Morgan fingerprint density at radius 2 is 2.09 bits per heavy atom. The number of carbonyl (C=O) groups is 1. The molecule has 0 amide bonds. The van der Waals surface area contributed by atoms with Crippen molar-refractivity contribution in [1.82, 2.24) is 0 Å². The molecule has 0 bridgehead atoms. The van der Waals surface area contributed by atoms with E-state index in [-0.39, 0.29) is 5.41 Å². The van der Waals surface area contributed by atoms with Crippen molar-refractivity contribution in [2.45, 2.75) is 39.5 Å². The van der Waals surface area contributed by atoms with Gasteiger partial charge in [-0.05, 0) is 13.3 Å². The zero-order valence-electron chi connectivity index (χ0n) is 7.60. The van der Waals surface area contributed by atoms with Gasteiger partial charge in [0.05, 0.1) is 0 Å². The fourth-order valence-electron chi connectivity index (χ4n) is 0.965. The average Bonchev–Trinajstić information content (AvgIpc) is 2.05. The Balaban J connectivity index is 3.69. The molecule has 0 saturated carbocycles. The van der Waals surface area contributed by atoms with Crippen molar-refractivity contribution in [2.24, 2.45) is 5.41 Å². The standard InChI is InChI=1S/C10H18O/c1-4-6-7-8-10(3,5-2)9-11/h5,9H,2,4,6-8H2,1,3H3/t10-/m1/s1. The quantitative estimate of drug-likeness (QED) is 0.326. The number of hydrogen-bond acceptors (Lipinski definition) is 1. The van der Waals surface area contributed by atoms with Gasteiger partial charge < -0.3 is 4.79 Å². The molecule has 0 saturated heterocycles. The molecule has 0 radical (unpaired) electrons. The molecule has 0 aromatic heterocycles. The Labute approximate surface area is 69.5 Å².